The normalized spacial score (nSPS) is 16.0. The maximum absolute atomic E-state index is 12.8. The minimum Gasteiger partial charge on any atom is -0.464 e. The standard InChI is InChI=1S/C9H10F3N3O2/c1-17-8(16)6-5(9(10,11)12)7(13)15(14-6)4-2-3-4/h4H,2-3,13H2,1H3. The van der Waals surface area contributed by atoms with Crippen molar-refractivity contribution in [3.05, 3.63) is 11.3 Å². The Labute approximate surface area is 94.3 Å². The topological polar surface area (TPSA) is 70.1 Å². The Morgan fingerprint density at radius 3 is 2.53 bits per heavy atom. The van der Waals surface area contributed by atoms with E-state index < -0.39 is 29.2 Å². The number of nitrogen functional groups attached to an aromatic ring is 1. The predicted molar refractivity (Wildman–Crippen MR) is 51.3 cm³/mol. The Kier molecular flexibility index (Phi) is 2.52. The van der Waals surface area contributed by atoms with Crippen LogP contribution in [0.15, 0.2) is 0 Å². The largest absolute Gasteiger partial charge is 0.464 e. The molecule has 8 heteroatoms. The number of alkyl halides is 3. The number of aromatic nitrogens is 2. The Bertz CT molecular complexity index is 463. The highest BCUT2D eigenvalue weighted by Gasteiger charge is 2.43. The van der Waals surface area contributed by atoms with Crippen LogP contribution in [0, 0.1) is 0 Å². The summed E-state index contributed by atoms with van der Waals surface area (Å²) >= 11 is 0. The molecule has 17 heavy (non-hydrogen) atoms. The number of hydrogen-bond donors (Lipinski definition) is 1. The lowest BCUT2D eigenvalue weighted by atomic mass is 10.2. The number of nitrogens with zero attached hydrogens (tertiary/aromatic N) is 2. The summed E-state index contributed by atoms with van der Waals surface area (Å²) in [5, 5.41) is 3.61. The highest BCUT2D eigenvalue weighted by atomic mass is 19.4. The van der Waals surface area contributed by atoms with Crippen LogP contribution < -0.4 is 5.73 Å². The fraction of sp³-hybridized carbons (Fsp3) is 0.556. The van der Waals surface area contributed by atoms with Gasteiger partial charge in [-0.05, 0) is 12.8 Å². The van der Waals surface area contributed by atoms with Gasteiger partial charge in [-0.25, -0.2) is 9.48 Å². The molecular weight excluding hydrogens is 239 g/mol. The lowest BCUT2D eigenvalue weighted by Crippen LogP contribution is -2.14. The molecule has 1 aromatic heterocycles. The van der Waals surface area contributed by atoms with Crippen LogP contribution in [-0.4, -0.2) is 22.9 Å². The molecule has 5 nitrogen and oxygen atoms in total. The molecule has 1 heterocycles. The first kappa shape index (κ1) is 11.7. The van der Waals surface area contributed by atoms with Crippen molar-refractivity contribution in [2.24, 2.45) is 0 Å². The van der Waals surface area contributed by atoms with Crippen molar-refractivity contribution in [2.45, 2.75) is 25.1 Å². The Hall–Kier alpha value is -1.73. The van der Waals surface area contributed by atoms with E-state index in [-0.39, 0.29) is 6.04 Å². The molecule has 1 aliphatic carbocycles. The molecule has 0 unspecified atom stereocenters. The van der Waals surface area contributed by atoms with E-state index >= 15 is 0 Å². The first-order valence-corrected chi connectivity index (χ1v) is 4.89. The van der Waals surface area contributed by atoms with Gasteiger partial charge in [0.05, 0.1) is 13.2 Å². The summed E-state index contributed by atoms with van der Waals surface area (Å²) in [6.07, 6.45) is -3.30. The third kappa shape index (κ3) is 1.94. The number of carbonyl (C=O) groups excluding carboxylic acids is 1. The first-order chi connectivity index (χ1) is 7.86. The summed E-state index contributed by atoms with van der Waals surface area (Å²) < 4.78 is 43.6. The average molecular weight is 249 g/mol. The number of halogens is 3. The summed E-state index contributed by atoms with van der Waals surface area (Å²) in [7, 11) is 0.995. The second-order valence-corrected chi connectivity index (χ2v) is 3.77. The second kappa shape index (κ2) is 3.64. The number of esters is 1. The quantitative estimate of drug-likeness (QED) is 0.808. The molecule has 1 fully saturated rings. The van der Waals surface area contributed by atoms with Crippen LogP contribution in [0.1, 0.15) is 34.9 Å². The number of rotatable bonds is 2. The highest BCUT2D eigenvalue weighted by Crippen LogP contribution is 2.42. The molecule has 0 spiro atoms. The van der Waals surface area contributed by atoms with Gasteiger partial charge in [-0.3, -0.25) is 0 Å². The number of hydrogen-bond acceptors (Lipinski definition) is 4. The fourth-order valence-electron chi connectivity index (χ4n) is 1.56. The molecular formula is C9H10F3N3O2. The third-order valence-corrected chi connectivity index (χ3v) is 2.50. The van der Waals surface area contributed by atoms with Crippen molar-refractivity contribution in [1.82, 2.24) is 9.78 Å². The molecule has 1 aromatic rings. The zero-order chi connectivity index (χ0) is 12.8. The van der Waals surface area contributed by atoms with Gasteiger partial charge >= 0.3 is 12.1 Å². The Morgan fingerprint density at radius 2 is 2.12 bits per heavy atom. The van der Waals surface area contributed by atoms with Gasteiger partial charge < -0.3 is 10.5 Å². The van der Waals surface area contributed by atoms with Gasteiger partial charge in [0.2, 0.25) is 0 Å². The zero-order valence-corrected chi connectivity index (χ0v) is 8.91. The van der Waals surface area contributed by atoms with E-state index in [2.05, 4.69) is 9.84 Å². The van der Waals surface area contributed by atoms with E-state index in [1.807, 2.05) is 0 Å². The van der Waals surface area contributed by atoms with Crippen LogP contribution in [0.5, 0.6) is 0 Å². The molecule has 2 N–H and O–H groups in total. The van der Waals surface area contributed by atoms with E-state index in [4.69, 9.17) is 5.73 Å². The number of methoxy groups -OCH3 is 1. The number of carbonyl (C=O) groups is 1. The van der Waals surface area contributed by atoms with Gasteiger partial charge in [-0.2, -0.15) is 18.3 Å². The smallest absolute Gasteiger partial charge is 0.422 e. The van der Waals surface area contributed by atoms with Crippen molar-refractivity contribution in [1.29, 1.82) is 0 Å². The number of anilines is 1. The van der Waals surface area contributed by atoms with Crippen LogP contribution in [0.2, 0.25) is 0 Å². The first-order valence-electron chi connectivity index (χ1n) is 4.89. The van der Waals surface area contributed by atoms with Crippen LogP contribution in [-0.2, 0) is 10.9 Å². The molecule has 2 rings (SSSR count). The van der Waals surface area contributed by atoms with Crippen LogP contribution in [0.4, 0.5) is 19.0 Å². The molecule has 0 atom stereocenters. The molecule has 1 saturated carbocycles. The minimum absolute atomic E-state index is 0.144. The van der Waals surface area contributed by atoms with Gasteiger partial charge in [0.1, 0.15) is 11.4 Å². The summed E-state index contributed by atoms with van der Waals surface area (Å²) in [5.74, 6) is -1.66. The molecule has 0 aliphatic heterocycles. The van der Waals surface area contributed by atoms with Crippen LogP contribution >= 0.6 is 0 Å². The highest BCUT2D eigenvalue weighted by molar-refractivity contribution is 5.90. The number of nitrogens with two attached hydrogens (primary N) is 1. The molecule has 0 amide bonds. The molecule has 1 aliphatic rings. The molecule has 0 radical (unpaired) electrons. The predicted octanol–water partition coefficient (Wildman–Crippen LogP) is 1.61. The Balaban J connectivity index is 2.56. The van der Waals surface area contributed by atoms with Gasteiger partial charge in [-0.1, -0.05) is 0 Å². The summed E-state index contributed by atoms with van der Waals surface area (Å²) in [6, 6.07) is -0.144. The van der Waals surface area contributed by atoms with Gasteiger partial charge in [-0.15, -0.1) is 0 Å². The maximum Gasteiger partial charge on any atom is 0.422 e. The zero-order valence-electron chi connectivity index (χ0n) is 8.91. The summed E-state index contributed by atoms with van der Waals surface area (Å²) in [4.78, 5) is 11.2. The lowest BCUT2D eigenvalue weighted by Gasteiger charge is -2.07. The van der Waals surface area contributed by atoms with Crippen molar-refractivity contribution in [3.8, 4) is 0 Å². The summed E-state index contributed by atoms with van der Waals surface area (Å²) in [6.45, 7) is 0. The van der Waals surface area contributed by atoms with E-state index in [9.17, 15) is 18.0 Å². The van der Waals surface area contributed by atoms with E-state index in [0.717, 1.165) is 11.8 Å². The van der Waals surface area contributed by atoms with Gasteiger partial charge in [0.25, 0.3) is 0 Å². The van der Waals surface area contributed by atoms with Crippen LogP contribution in [0.25, 0.3) is 0 Å². The SMILES string of the molecule is COC(=O)c1nn(C2CC2)c(N)c1C(F)(F)F. The monoisotopic (exact) mass is 249 g/mol. The Morgan fingerprint density at radius 1 is 1.53 bits per heavy atom. The van der Waals surface area contributed by atoms with Gasteiger partial charge in [0.15, 0.2) is 5.69 Å². The van der Waals surface area contributed by atoms with E-state index in [1.54, 1.807) is 0 Å². The van der Waals surface area contributed by atoms with Crippen molar-refractivity contribution in [2.75, 3.05) is 12.8 Å². The van der Waals surface area contributed by atoms with E-state index in [0.29, 0.717) is 12.8 Å². The minimum atomic E-state index is -4.72. The van der Waals surface area contributed by atoms with Crippen molar-refractivity contribution in [3.63, 3.8) is 0 Å². The lowest BCUT2D eigenvalue weighted by molar-refractivity contribution is -0.137. The molecule has 0 bridgehead atoms. The van der Waals surface area contributed by atoms with Crippen molar-refractivity contribution >= 4 is 11.8 Å². The third-order valence-electron chi connectivity index (χ3n) is 2.50. The van der Waals surface area contributed by atoms with Crippen molar-refractivity contribution < 1.29 is 22.7 Å². The van der Waals surface area contributed by atoms with Crippen LogP contribution in [0.3, 0.4) is 0 Å². The molecule has 0 aromatic carbocycles. The average Bonchev–Trinajstić information content (AvgIpc) is 2.99. The molecule has 94 valence electrons. The summed E-state index contributed by atoms with van der Waals surface area (Å²) in [5.41, 5.74) is 3.41. The number of ether oxygens (including phenoxy) is 1. The molecule has 0 saturated heterocycles. The van der Waals surface area contributed by atoms with E-state index in [1.165, 1.54) is 0 Å². The maximum atomic E-state index is 12.8. The fourth-order valence-corrected chi connectivity index (χ4v) is 1.56. The van der Waals surface area contributed by atoms with Gasteiger partial charge in [0, 0.05) is 0 Å². The second-order valence-electron chi connectivity index (χ2n) is 3.77.